The molecule has 1 aromatic carbocycles. The summed E-state index contributed by atoms with van der Waals surface area (Å²) in [4.78, 5) is 25.4. The van der Waals surface area contributed by atoms with Crippen molar-refractivity contribution in [1.82, 2.24) is 0 Å². The summed E-state index contributed by atoms with van der Waals surface area (Å²) in [6.45, 7) is 4.08. The van der Waals surface area contributed by atoms with Gasteiger partial charge in [-0.05, 0) is 37.6 Å². The van der Waals surface area contributed by atoms with Crippen molar-refractivity contribution >= 4 is 17.4 Å². The summed E-state index contributed by atoms with van der Waals surface area (Å²) in [5.41, 5.74) is 1.72. The molecule has 0 N–H and O–H groups in total. The predicted molar refractivity (Wildman–Crippen MR) is 69.1 cm³/mol. The van der Waals surface area contributed by atoms with Crippen LogP contribution in [0.3, 0.4) is 0 Å². The number of hydrogen-bond donors (Lipinski definition) is 0. The molecule has 0 aromatic heterocycles. The van der Waals surface area contributed by atoms with Gasteiger partial charge in [-0.1, -0.05) is 0 Å². The third-order valence-corrected chi connectivity index (χ3v) is 3.39. The lowest BCUT2D eigenvalue weighted by Crippen LogP contribution is -2.37. The van der Waals surface area contributed by atoms with Crippen LogP contribution in [0.15, 0.2) is 18.2 Å². The van der Waals surface area contributed by atoms with E-state index in [0.29, 0.717) is 12.3 Å². The molecule has 1 heterocycles. The van der Waals surface area contributed by atoms with Crippen LogP contribution in [-0.4, -0.2) is 25.3 Å². The Balaban J connectivity index is 2.56. The number of fused-ring (bicyclic) bond motifs is 1. The Kier molecular flexibility index (Phi) is 3.36. The molecule has 2 rings (SSSR count). The van der Waals surface area contributed by atoms with Crippen LogP contribution >= 0.6 is 0 Å². The lowest BCUT2D eigenvalue weighted by atomic mass is 9.86. The van der Waals surface area contributed by atoms with Crippen molar-refractivity contribution in [3.05, 3.63) is 23.8 Å². The van der Waals surface area contributed by atoms with Crippen molar-refractivity contribution < 1.29 is 14.3 Å². The molecular formula is C14H17NO3. The van der Waals surface area contributed by atoms with E-state index in [4.69, 9.17) is 4.74 Å². The number of hydrogen-bond acceptors (Lipinski definition) is 3. The summed E-state index contributed by atoms with van der Waals surface area (Å²) >= 11 is 0. The zero-order valence-electron chi connectivity index (χ0n) is 10.9. The summed E-state index contributed by atoms with van der Waals surface area (Å²) in [5, 5.41) is 0. The first-order chi connectivity index (χ1) is 8.58. The summed E-state index contributed by atoms with van der Waals surface area (Å²) in [7, 11) is 1.59. The Morgan fingerprint density at radius 2 is 2.22 bits per heavy atom. The number of amides is 1. The van der Waals surface area contributed by atoms with Gasteiger partial charge in [0, 0.05) is 18.7 Å². The lowest BCUT2D eigenvalue weighted by Gasteiger charge is -2.32. The van der Waals surface area contributed by atoms with Gasteiger partial charge >= 0.3 is 0 Å². The highest BCUT2D eigenvalue weighted by Gasteiger charge is 2.33. The fourth-order valence-electron chi connectivity index (χ4n) is 2.42. The minimum absolute atomic E-state index is 0.00960. The van der Waals surface area contributed by atoms with E-state index in [2.05, 4.69) is 0 Å². The van der Waals surface area contributed by atoms with Gasteiger partial charge in [0.2, 0.25) is 5.91 Å². The number of benzene rings is 1. The molecule has 18 heavy (non-hydrogen) atoms. The molecule has 0 saturated heterocycles. The van der Waals surface area contributed by atoms with Gasteiger partial charge in [0.1, 0.15) is 11.5 Å². The van der Waals surface area contributed by atoms with Gasteiger partial charge < -0.3 is 9.64 Å². The van der Waals surface area contributed by atoms with Crippen molar-refractivity contribution in [2.24, 2.45) is 0 Å². The average Bonchev–Trinajstić information content (AvgIpc) is 2.37. The fraction of sp³-hybridized carbons (Fsp3) is 0.429. The summed E-state index contributed by atoms with van der Waals surface area (Å²) in [5.74, 6) is 0.403. The smallest absolute Gasteiger partial charge is 0.228 e. The fourth-order valence-corrected chi connectivity index (χ4v) is 2.42. The maximum atomic E-state index is 12.0. The van der Waals surface area contributed by atoms with Crippen molar-refractivity contribution in [2.45, 2.75) is 26.2 Å². The summed E-state index contributed by atoms with van der Waals surface area (Å²) in [6, 6.07) is 5.53. The van der Waals surface area contributed by atoms with Crippen LogP contribution in [-0.2, 0) is 9.59 Å². The predicted octanol–water partition coefficient (Wildman–Crippen LogP) is 2.12. The number of ketones is 1. The monoisotopic (exact) mass is 247 g/mol. The van der Waals surface area contributed by atoms with Crippen LogP contribution in [0.1, 0.15) is 31.7 Å². The second-order valence-corrected chi connectivity index (χ2v) is 4.43. The van der Waals surface area contributed by atoms with Crippen LogP contribution in [0.4, 0.5) is 5.69 Å². The number of methoxy groups -OCH3 is 1. The van der Waals surface area contributed by atoms with Gasteiger partial charge in [-0.3, -0.25) is 9.59 Å². The maximum Gasteiger partial charge on any atom is 0.228 e. The highest BCUT2D eigenvalue weighted by atomic mass is 16.5. The van der Waals surface area contributed by atoms with Crippen molar-refractivity contribution in [1.29, 1.82) is 0 Å². The van der Waals surface area contributed by atoms with Crippen molar-refractivity contribution in [2.75, 3.05) is 18.6 Å². The average molecular weight is 247 g/mol. The third kappa shape index (κ3) is 1.98. The highest BCUT2D eigenvalue weighted by molar-refractivity contribution is 6.02. The van der Waals surface area contributed by atoms with Crippen LogP contribution in [0.2, 0.25) is 0 Å². The quantitative estimate of drug-likeness (QED) is 0.822. The van der Waals surface area contributed by atoms with E-state index in [0.717, 1.165) is 11.3 Å². The minimum atomic E-state index is -0.342. The first-order valence-corrected chi connectivity index (χ1v) is 6.07. The standard InChI is InChI=1S/C14H17NO3/c1-4-15-13-6-5-10(18-3)7-12(13)11(9(2)16)8-14(15)17/h5-7,11H,4,8H2,1-3H3. The SMILES string of the molecule is CCN1C(=O)CC(C(C)=O)c2cc(OC)ccc21. The first-order valence-electron chi connectivity index (χ1n) is 6.07. The van der Waals surface area contributed by atoms with E-state index in [1.54, 1.807) is 12.0 Å². The molecule has 1 aliphatic rings. The number of anilines is 1. The van der Waals surface area contributed by atoms with Gasteiger partial charge in [-0.15, -0.1) is 0 Å². The van der Waals surface area contributed by atoms with E-state index in [1.807, 2.05) is 25.1 Å². The number of nitrogens with zero attached hydrogens (tertiary/aromatic N) is 1. The molecule has 4 heteroatoms. The molecule has 0 bridgehead atoms. The molecule has 0 radical (unpaired) electrons. The van der Waals surface area contributed by atoms with Crippen molar-refractivity contribution in [3.8, 4) is 5.75 Å². The molecule has 4 nitrogen and oxygen atoms in total. The number of carbonyl (C=O) groups excluding carboxylic acids is 2. The second kappa shape index (κ2) is 4.80. The van der Waals surface area contributed by atoms with Gasteiger partial charge in [-0.2, -0.15) is 0 Å². The third-order valence-electron chi connectivity index (χ3n) is 3.39. The van der Waals surface area contributed by atoms with E-state index >= 15 is 0 Å². The maximum absolute atomic E-state index is 12.0. The van der Waals surface area contributed by atoms with Crippen LogP contribution in [0.25, 0.3) is 0 Å². The Morgan fingerprint density at radius 3 is 2.78 bits per heavy atom. The number of ether oxygens (including phenoxy) is 1. The van der Waals surface area contributed by atoms with E-state index < -0.39 is 0 Å². The van der Waals surface area contributed by atoms with E-state index in [9.17, 15) is 9.59 Å². The van der Waals surface area contributed by atoms with Gasteiger partial charge in [0.15, 0.2) is 0 Å². The zero-order chi connectivity index (χ0) is 13.3. The molecular weight excluding hydrogens is 230 g/mol. The molecule has 0 aliphatic carbocycles. The Bertz CT molecular complexity index is 496. The molecule has 0 fully saturated rings. The number of rotatable bonds is 3. The topological polar surface area (TPSA) is 46.6 Å². The zero-order valence-corrected chi connectivity index (χ0v) is 10.9. The van der Waals surface area contributed by atoms with Crippen LogP contribution in [0.5, 0.6) is 5.75 Å². The van der Waals surface area contributed by atoms with Gasteiger partial charge in [0.05, 0.1) is 13.0 Å². The van der Waals surface area contributed by atoms with Crippen molar-refractivity contribution in [3.63, 3.8) is 0 Å². The molecule has 0 spiro atoms. The van der Waals surface area contributed by atoms with Gasteiger partial charge in [-0.25, -0.2) is 0 Å². The first kappa shape index (κ1) is 12.6. The highest BCUT2D eigenvalue weighted by Crippen LogP contribution is 2.38. The molecule has 1 atom stereocenters. The normalized spacial score (nSPS) is 18.5. The number of Topliss-reactive ketones (excluding diaryl/α,β-unsaturated/α-hetero) is 1. The molecule has 1 amide bonds. The Hall–Kier alpha value is -1.84. The summed E-state index contributed by atoms with van der Waals surface area (Å²) in [6.07, 6.45) is 0.253. The molecule has 1 aliphatic heterocycles. The largest absolute Gasteiger partial charge is 0.497 e. The number of carbonyl (C=O) groups is 2. The molecule has 1 unspecified atom stereocenters. The Labute approximate surface area is 107 Å². The Morgan fingerprint density at radius 1 is 1.50 bits per heavy atom. The molecule has 96 valence electrons. The van der Waals surface area contributed by atoms with Gasteiger partial charge in [0.25, 0.3) is 0 Å². The van der Waals surface area contributed by atoms with Crippen LogP contribution < -0.4 is 9.64 Å². The molecule has 0 saturated carbocycles. The van der Waals surface area contributed by atoms with Crippen LogP contribution in [0, 0.1) is 0 Å². The van der Waals surface area contributed by atoms with E-state index in [-0.39, 0.29) is 24.0 Å². The lowest BCUT2D eigenvalue weighted by molar-refractivity contribution is -0.124. The molecule has 1 aromatic rings. The van der Waals surface area contributed by atoms with E-state index in [1.165, 1.54) is 6.92 Å². The minimum Gasteiger partial charge on any atom is -0.497 e. The second-order valence-electron chi connectivity index (χ2n) is 4.43. The summed E-state index contributed by atoms with van der Waals surface area (Å²) < 4.78 is 5.19.